The number of aromatic nitrogens is 7. The van der Waals surface area contributed by atoms with Crippen molar-refractivity contribution in [2.45, 2.75) is 101 Å². The summed E-state index contributed by atoms with van der Waals surface area (Å²) in [4.78, 5) is 49.9. The molecule has 63 heavy (non-hydrogen) atoms. The number of likely N-dealkylation sites (tertiary alicyclic amines) is 1. The predicted octanol–water partition coefficient (Wildman–Crippen LogP) is 5.47. The molecule has 10 rings (SSSR count). The topological polar surface area (TPSA) is 160 Å². The van der Waals surface area contributed by atoms with Crippen LogP contribution in [0.2, 0.25) is 0 Å². The van der Waals surface area contributed by atoms with E-state index in [4.69, 9.17) is 14.8 Å². The maximum Gasteiger partial charge on any atom is 0.284 e. The zero-order valence-corrected chi connectivity index (χ0v) is 36.0. The van der Waals surface area contributed by atoms with Crippen LogP contribution in [0.1, 0.15) is 110 Å². The first-order chi connectivity index (χ1) is 30.5. The van der Waals surface area contributed by atoms with Crippen molar-refractivity contribution in [2.24, 2.45) is 18.9 Å². The first-order valence-corrected chi connectivity index (χ1v) is 22.6. The maximum absolute atomic E-state index is 14.3. The molecule has 3 amide bonds. The quantitative estimate of drug-likeness (QED) is 0.145. The van der Waals surface area contributed by atoms with Gasteiger partial charge in [-0.15, -0.1) is 0 Å². The summed E-state index contributed by atoms with van der Waals surface area (Å²) in [5.74, 6) is 0.493. The van der Waals surface area contributed by atoms with E-state index >= 15 is 0 Å². The van der Waals surface area contributed by atoms with E-state index in [2.05, 4.69) is 54.7 Å². The number of para-hydroxylation sites is 1. The first-order valence-electron chi connectivity index (χ1n) is 22.6. The molecule has 2 N–H and O–H groups in total. The summed E-state index contributed by atoms with van der Waals surface area (Å²) in [7, 11) is 4.15. The minimum absolute atomic E-state index is 0.0126. The van der Waals surface area contributed by atoms with Crippen LogP contribution in [0, 0.1) is 11.8 Å². The third-order valence-corrected chi connectivity index (χ3v) is 14.3. The number of halogens is 2. The van der Waals surface area contributed by atoms with Crippen LogP contribution in [-0.2, 0) is 27.9 Å². The van der Waals surface area contributed by atoms with E-state index in [1.165, 1.54) is 16.3 Å². The number of carbonyl (C=O) groups is 3. The molecule has 1 aliphatic carbocycles. The van der Waals surface area contributed by atoms with Gasteiger partial charge in [0, 0.05) is 50.9 Å². The van der Waals surface area contributed by atoms with Gasteiger partial charge in [0.15, 0.2) is 11.3 Å². The van der Waals surface area contributed by atoms with E-state index in [-0.39, 0.29) is 41.3 Å². The third kappa shape index (κ3) is 8.44. The summed E-state index contributed by atoms with van der Waals surface area (Å²) in [6.07, 6.45) is 11.0. The van der Waals surface area contributed by atoms with Crippen molar-refractivity contribution in [3.05, 3.63) is 65.4 Å². The molecule has 3 atom stereocenters. The lowest BCUT2D eigenvalue weighted by Crippen LogP contribution is -2.39. The van der Waals surface area contributed by atoms with Crippen LogP contribution < -0.4 is 15.5 Å². The maximum atomic E-state index is 14.3. The molecule has 2 bridgehead atoms. The highest BCUT2D eigenvalue weighted by Crippen LogP contribution is 2.37. The number of amides is 3. The monoisotopic (exact) mass is 866 g/mol. The molecule has 5 aliphatic rings. The van der Waals surface area contributed by atoms with Crippen LogP contribution in [0.5, 0.6) is 0 Å². The number of rotatable bonds is 13. The molecule has 4 aliphatic heterocycles. The van der Waals surface area contributed by atoms with Crippen LogP contribution in [-0.4, -0.2) is 120 Å². The molecule has 4 saturated heterocycles. The van der Waals surface area contributed by atoms with Gasteiger partial charge in [0.2, 0.25) is 11.8 Å². The Labute approximate surface area is 364 Å². The highest BCUT2D eigenvalue weighted by molar-refractivity contribution is 6.08. The zero-order chi connectivity index (χ0) is 43.4. The molecule has 16 nitrogen and oxygen atoms in total. The highest BCUT2D eigenvalue weighted by Gasteiger charge is 2.40. The molecule has 5 aromatic rings. The number of alkyl halides is 2. The molecular weight excluding hydrogens is 811 g/mol. The SMILES string of the molecule is CN(CCC1CCN(Cc2cccc3c(C4CCC(=O)NC4=O)nn(C)c23)CC1)CC1CCC(n2cc(NC(=O)c3cnn4ccc(N5C[C@H]6C[C@@H]5CO6)nc34)c(C(F)F)n2)CC1. The summed E-state index contributed by atoms with van der Waals surface area (Å²) in [6, 6.07) is 8.35. The summed E-state index contributed by atoms with van der Waals surface area (Å²) >= 11 is 0. The van der Waals surface area contributed by atoms with E-state index < -0.39 is 23.9 Å². The number of anilines is 2. The van der Waals surface area contributed by atoms with Crippen molar-refractivity contribution in [3.8, 4) is 0 Å². The van der Waals surface area contributed by atoms with Gasteiger partial charge in [-0.05, 0) is 108 Å². The number of nitrogens with one attached hydrogen (secondary N) is 2. The Kier molecular flexibility index (Phi) is 11.5. The molecule has 1 saturated carbocycles. The van der Waals surface area contributed by atoms with Gasteiger partial charge in [0.1, 0.15) is 11.4 Å². The molecule has 0 radical (unpaired) electrons. The lowest BCUT2D eigenvalue weighted by Gasteiger charge is -2.34. The average Bonchev–Trinajstić information content (AvgIpc) is 4.13. The second kappa shape index (κ2) is 17.3. The van der Waals surface area contributed by atoms with Gasteiger partial charge in [0.05, 0.1) is 53.8 Å². The number of imide groups is 1. The largest absolute Gasteiger partial charge is 0.374 e. The number of ether oxygens (including phenoxy) is 1. The molecule has 334 valence electrons. The van der Waals surface area contributed by atoms with Gasteiger partial charge in [-0.1, -0.05) is 18.2 Å². The Morgan fingerprint density at radius 1 is 1.03 bits per heavy atom. The van der Waals surface area contributed by atoms with Gasteiger partial charge < -0.3 is 19.9 Å². The first kappa shape index (κ1) is 41.7. The normalized spacial score (nSPS) is 24.7. The molecule has 18 heteroatoms. The number of aryl methyl sites for hydroxylation is 1. The summed E-state index contributed by atoms with van der Waals surface area (Å²) < 4.78 is 39.4. The van der Waals surface area contributed by atoms with Crippen LogP contribution in [0.25, 0.3) is 16.6 Å². The smallest absolute Gasteiger partial charge is 0.284 e. The lowest BCUT2D eigenvalue weighted by molar-refractivity contribution is -0.134. The Balaban J connectivity index is 0.685. The predicted molar refractivity (Wildman–Crippen MR) is 231 cm³/mol. The van der Waals surface area contributed by atoms with Crippen LogP contribution in [0.4, 0.5) is 20.3 Å². The van der Waals surface area contributed by atoms with E-state index in [9.17, 15) is 23.2 Å². The second-order valence-electron chi connectivity index (χ2n) is 18.5. The van der Waals surface area contributed by atoms with Gasteiger partial charge >= 0.3 is 0 Å². The van der Waals surface area contributed by atoms with Gasteiger partial charge in [-0.2, -0.15) is 15.3 Å². The number of morpholine rings is 1. The standard InChI is InChI=1S/C45H56F2N12O4/c1-54(16-12-27-13-17-56(18-14-27)23-29-4-3-5-33-39(52-55(2)41(29)33)34-10-11-38(60)51-44(34)61)22-28-6-8-30(9-7-28)59-25-36(40(53-59)42(46)47)49-45(62)35-21-48-58-19-15-37(50-43(35)58)57-24-32-20-31(57)26-63-32/h3-5,15,19,21,25,27-28,30-32,34,42H,6-14,16-18,20,22-24,26H2,1-2H3,(H,49,62)(H,51,60,61)/t28?,30?,31-,32-,34?/m1/s1. The Morgan fingerprint density at radius 2 is 1.86 bits per heavy atom. The number of carbonyl (C=O) groups excluding carboxylic acids is 3. The molecule has 0 spiro atoms. The van der Waals surface area contributed by atoms with Gasteiger partial charge in [-0.3, -0.25) is 34.0 Å². The zero-order valence-electron chi connectivity index (χ0n) is 36.0. The molecule has 1 aromatic carbocycles. The van der Waals surface area contributed by atoms with Gasteiger partial charge in [-0.25, -0.2) is 18.3 Å². The number of hydrogen-bond acceptors (Lipinski definition) is 11. The third-order valence-electron chi connectivity index (χ3n) is 14.3. The number of hydrogen-bond donors (Lipinski definition) is 2. The Morgan fingerprint density at radius 3 is 2.60 bits per heavy atom. The van der Waals surface area contributed by atoms with Crippen molar-refractivity contribution < 1.29 is 27.9 Å². The van der Waals surface area contributed by atoms with Crippen molar-refractivity contribution in [2.75, 3.05) is 56.6 Å². The second-order valence-corrected chi connectivity index (χ2v) is 18.5. The average molecular weight is 867 g/mol. The minimum Gasteiger partial charge on any atom is -0.374 e. The summed E-state index contributed by atoms with van der Waals surface area (Å²) in [5, 5.41) is 19.6. The van der Waals surface area contributed by atoms with E-state index in [1.807, 2.05) is 23.9 Å². The fourth-order valence-corrected chi connectivity index (χ4v) is 10.9. The summed E-state index contributed by atoms with van der Waals surface area (Å²) in [5.41, 5.74) is 3.17. The van der Waals surface area contributed by atoms with E-state index in [1.54, 1.807) is 17.1 Å². The molecule has 1 unspecified atom stereocenters. The molecule has 4 aromatic heterocycles. The van der Waals surface area contributed by atoms with Crippen molar-refractivity contribution >= 4 is 45.8 Å². The molecule has 8 heterocycles. The molecule has 5 fully saturated rings. The number of piperidine rings is 2. The summed E-state index contributed by atoms with van der Waals surface area (Å²) in [6.45, 7) is 6.34. The number of benzene rings is 1. The van der Waals surface area contributed by atoms with Crippen molar-refractivity contribution in [1.29, 1.82) is 0 Å². The van der Waals surface area contributed by atoms with Crippen molar-refractivity contribution in [3.63, 3.8) is 0 Å². The lowest BCUT2D eigenvalue weighted by atomic mass is 9.85. The fourth-order valence-electron chi connectivity index (χ4n) is 10.9. The minimum atomic E-state index is -2.84. The Hall–Kier alpha value is -5.33. The molecular formula is C45H56F2N12O4. The highest BCUT2D eigenvalue weighted by atomic mass is 19.3. The van der Waals surface area contributed by atoms with E-state index in [0.717, 1.165) is 113 Å². The Bertz CT molecular complexity index is 2500. The van der Waals surface area contributed by atoms with Crippen molar-refractivity contribution in [1.82, 2.24) is 49.3 Å². The van der Waals surface area contributed by atoms with Crippen LogP contribution in [0.15, 0.2) is 42.9 Å². The number of fused-ring (bicyclic) bond motifs is 4. The number of nitrogens with zero attached hydrogens (tertiary/aromatic N) is 10. The van der Waals surface area contributed by atoms with E-state index in [0.29, 0.717) is 36.9 Å². The van der Waals surface area contributed by atoms with Gasteiger partial charge in [0.25, 0.3) is 12.3 Å². The fraction of sp³-hybridized carbons (Fsp3) is 0.578. The van der Waals surface area contributed by atoms with Crippen LogP contribution in [0.3, 0.4) is 0 Å². The van der Waals surface area contributed by atoms with Crippen LogP contribution >= 0.6 is 0 Å².